The molecule has 1 aliphatic heterocycles. The van der Waals surface area contributed by atoms with E-state index < -0.39 is 11.8 Å². The Bertz CT molecular complexity index is 1140. The minimum atomic E-state index is -0.845. The summed E-state index contributed by atoms with van der Waals surface area (Å²) in [5.74, 6) is -0.339. The quantitative estimate of drug-likeness (QED) is 0.399. The second kappa shape index (κ2) is 7.25. The number of hydrogen-bond donors (Lipinski definition) is 3. The molecule has 4 aromatic rings. The molecular weight excluding hydrogens is 374 g/mol. The summed E-state index contributed by atoms with van der Waals surface area (Å²) in [6.45, 7) is 0. The van der Waals surface area contributed by atoms with Crippen LogP contribution in [0.3, 0.4) is 0 Å². The molecule has 4 heteroatoms. The van der Waals surface area contributed by atoms with Crippen LogP contribution in [-0.4, -0.2) is 10.2 Å². The molecule has 4 nitrogen and oxygen atoms in total. The van der Waals surface area contributed by atoms with E-state index in [9.17, 15) is 10.2 Å². The maximum Gasteiger partial charge on any atom is 0.157 e. The molecule has 0 saturated heterocycles. The van der Waals surface area contributed by atoms with Gasteiger partial charge in [-0.3, -0.25) is 0 Å². The Labute approximate surface area is 175 Å². The standard InChI is InChI=1S/C26H21NO3/c28-23-16-15-18(17-24(23)29)25-27-22-14-8-7-13-21(22)26(30-25,19-9-3-1-4-10-19)20-11-5-2-6-12-20/h1-17,25,27-29H/t25-/m0/s1. The lowest BCUT2D eigenvalue weighted by molar-refractivity contribution is -0.0433. The minimum Gasteiger partial charge on any atom is -0.504 e. The zero-order valence-corrected chi connectivity index (χ0v) is 16.2. The predicted octanol–water partition coefficient (Wildman–Crippen LogP) is 5.53. The average molecular weight is 395 g/mol. The Balaban J connectivity index is 1.77. The number of nitrogens with one attached hydrogen (secondary N) is 1. The second-order valence-electron chi connectivity index (χ2n) is 7.35. The van der Waals surface area contributed by atoms with Crippen LogP contribution in [0.25, 0.3) is 0 Å². The molecule has 0 aliphatic carbocycles. The fraction of sp³-hybridized carbons (Fsp3) is 0.0769. The first-order valence-electron chi connectivity index (χ1n) is 9.85. The highest BCUT2D eigenvalue weighted by Gasteiger charge is 2.44. The normalized spacial score (nSPS) is 17.0. The van der Waals surface area contributed by atoms with Gasteiger partial charge in [-0.1, -0.05) is 84.9 Å². The molecule has 1 aliphatic rings. The summed E-state index contributed by atoms with van der Waals surface area (Å²) < 4.78 is 6.85. The third kappa shape index (κ3) is 2.90. The molecule has 0 unspecified atom stereocenters. The molecular formula is C26H21NO3. The summed E-state index contributed by atoms with van der Waals surface area (Å²) in [5.41, 5.74) is 3.87. The molecule has 1 heterocycles. The largest absolute Gasteiger partial charge is 0.504 e. The second-order valence-corrected chi connectivity index (χ2v) is 7.35. The number of fused-ring (bicyclic) bond motifs is 1. The number of aromatic hydroxyl groups is 2. The Morgan fingerprint density at radius 2 is 1.27 bits per heavy atom. The molecule has 1 atom stereocenters. The monoisotopic (exact) mass is 395 g/mol. The number of phenols is 2. The zero-order valence-electron chi connectivity index (χ0n) is 16.2. The van der Waals surface area contributed by atoms with Crippen molar-refractivity contribution in [3.63, 3.8) is 0 Å². The number of benzene rings is 4. The highest BCUT2D eigenvalue weighted by molar-refractivity contribution is 5.64. The highest BCUT2D eigenvalue weighted by Crippen LogP contribution is 2.50. The molecule has 0 bridgehead atoms. The van der Waals surface area contributed by atoms with Gasteiger partial charge in [0.25, 0.3) is 0 Å². The molecule has 30 heavy (non-hydrogen) atoms. The van der Waals surface area contributed by atoms with Crippen LogP contribution in [0.1, 0.15) is 28.5 Å². The Morgan fingerprint density at radius 3 is 1.90 bits per heavy atom. The fourth-order valence-corrected chi connectivity index (χ4v) is 4.14. The van der Waals surface area contributed by atoms with Crippen molar-refractivity contribution < 1.29 is 14.9 Å². The van der Waals surface area contributed by atoms with Gasteiger partial charge < -0.3 is 20.3 Å². The van der Waals surface area contributed by atoms with Crippen molar-refractivity contribution in [2.45, 2.75) is 11.8 Å². The maximum atomic E-state index is 10.1. The lowest BCUT2D eigenvalue weighted by atomic mass is 9.78. The van der Waals surface area contributed by atoms with Crippen molar-refractivity contribution in [2.24, 2.45) is 0 Å². The zero-order chi connectivity index (χ0) is 20.6. The van der Waals surface area contributed by atoms with Crippen LogP contribution in [0.15, 0.2) is 103 Å². The summed E-state index contributed by atoms with van der Waals surface area (Å²) >= 11 is 0. The van der Waals surface area contributed by atoms with Crippen molar-refractivity contribution in [1.29, 1.82) is 0 Å². The number of para-hydroxylation sites is 1. The number of ether oxygens (including phenoxy) is 1. The lowest BCUT2D eigenvalue weighted by Crippen LogP contribution is -2.40. The molecule has 0 amide bonds. The van der Waals surface area contributed by atoms with Crippen molar-refractivity contribution >= 4 is 5.69 Å². The summed E-state index contributed by atoms with van der Waals surface area (Å²) in [7, 11) is 0. The van der Waals surface area contributed by atoms with Crippen LogP contribution in [0.2, 0.25) is 0 Å². The van der Waals surface area contributed by atoms with Gasteiger partial charge >= 0.3 is 0 Å². The van der Waals surface area contributed by atoms with Gasteiger partial charge in [0.05, 0.1) is 0 Å². The number of hydrogen-bond acceptors (Lipinski definition) is 4. The van der Waals surface area contributed by atoms with Gasteiger partial charge in [0, 0.05) is 16.8 Å². The van der Waals surface area contributed by atoms with E-state index in [1.54, 1.807) is 6.07 Å². The Hall–Kier alpha value is -3.76. The van der Waals surface area contributed by atoms with E-state index in [1.165, 1.54) is 12.1 Å². The van der Waals surface area contributed by atoms with Crippen LogP contribution >= 0.6 is 0 Å². The highest BCUT2D eigenvalue weighted by atomic mass is 16.5. The third-order valence-corrected chi connectivity index (χ3v) is 5.55. The maximum absolute atomic E-state index is 10.1. The van der Waals surface area contributed by atoms with Gasteiger partial charge in [0.1, 0.15) is 5.60 Å². The molecule has 148 valence electrons. The van der Waals surface area contributed by atoms with Crippen molar-refractivity contribution in [1.82, 2.24) is 0 Å². The van der Waals surface area contributed by atoms with E-state index >= 15 is 0 Å². The van der Waals surface area contributed by atoms with E-state index in [4.69, 9.17) is 4.74 Å². The van der Waals surface area contributed by atoms with Crippen molar-refractivity contribution in [3.8, 4) is 11.5 Å². The topological polar surface area (TPSA) is 61.7 Å². The third-order valence-electron chi connectivity index (χ3n) is 5.55. The van der Waals surface area contributed by atoms with Crippen LogP contribution < -0.4 is 5.32 Å². The van der Waals surface area contributed by atoms with Gasteiger partial charge in [-0.15, -0.1) is 0 Å². The first-order valence-corrected chi connectivity index (χ1v) is 9.85. The minimum absolute atomic E-state index is 0.160. The Kier molecular flexibility index (Phi) is 4.42. The first-order chi connectivity index (χ1) is 14.7. The van der Waals surface area contributed by atoms with E-state index in [1.807, 2.05) is 54.6 Å². The molecule has 0 fully saturated rings. The van der Waals surface area contributed by atoms with Crippen molar-refractivity contribution in [2.75, 3.05) is 5.32 Å². The molecule has 0 spiro atoms. The molecule has 4 aromatic carbocycles. The molecule has 0 aromatic heterocycles. The average Bonchev–Trinajstić information content (AvgIpc) is 2.81. The van der Waals surface area contributed by atoms with E-state index in [0.29, 0.717) is 0 Å². The van der Waals surface area contributed by atoms with Crippen LogP contribution in [0.4, 0.5) is 5.69 Å². The van der Waals surface area contributed by atoms with Crippen LogP contribution in [0.5, 0.6) is 11.5 Å². The van der Waals surface area contributed by atoms with E-state index in [0.717, 1.165) is 27.9 Å². The SMILES string of the molecule is Oc1ccc([C@H]2Nc3ccccc3C(c3ccccc3)(c3ccccc3)O2)cc1O. The number of phenolic OH excluding ortho intramolecular Hbond substituents is 2. The van der Waals surface area contributed by atoms with Gasteiger partial charge in [-0.2, -0.15) is 0 Å². The Morgan fingerprint density at radius 1 is 0.667 bits per heavy atom. The summed E-state index contributed by atoms with van der Waals surface area (Å²) in [6.07, 6.45) is -0.535. The number of anilines is 1. The summed E-state index contributed by atoms with van der Waals surface area (Å²) in [4.78, 5) is 0. The summed E-state index contributed by atoms with van der Waals surface area (Å²) in [6, 6.07) is 33.2. The van der Waals surface area contributed by atoms with Crippen LogP contribution in [0, 0.1) is 0 Å². The lowest BCUT2D eigenvalue weighted by Gasteiger charge is -2.44. The van der Waals surface area contributed by atoms with Crippen molar-refractivity contribution in [3.05, 3.63) is 125 Å². The summed E-state index contributed by atoms with van der Waals surface area (Å²) in [5, 5.41) is 23.2. The fourth-order valence-electron chi connectivity index (χ4n) is 4.14. The molecule has 0 radical (unpaired) electrons. The smallest absolute Gasteiger partial charge is 0.157 e. The first kappa shape index (κ1) is 18.3. The molecule has 0 saturated carbocycles. The van der Waals surface area contributed by atoms with E-state index in [2.05, 4.69) is 35.6 Å². The van der Waals surface area contributed by atoms with Gasteiger partial charge in [-0.25, -0.2) is 0 Å². The van der Waals surface area contributed by atoms with Gasteiger partial charge in [0.2, 0.25) is 0 Å². The van der Waals surface area contributed by atoms with E-state index in [-0.39, 0.29) is 11.5 Å². The predicted molar refractivity (Wildman–Crippen MR) is 116 cm³/mol. The molecule has 3 N–H and O–H groups in total. The molecule has 5 rings (SSSR count). The van der Waals surface area contributed by atoms with Crippen LogP contribution in [-0.2, 0) is 10.3 Å². The number of rotatable bonds is 3. The van der Waals surface area contributed by atoms with Gasteiger partial charge in [0.15, 0.2) is 17.7 Å². The van der Waals surface area contributed by atoms with Gasteiger partial charge in [-0.05, 0) is 29.3 Å².